The van der Waals surface area contributed by atoms with Gasteiger partial charge in [0.2, 0.25) is 11.8 Å². The zero-order valence-corrected chi connectivity index (χ0v) is 21.0. The molecule has 3 heterocycles. The minimum absolute atomic E-state index is 0.466. The minimum Gasteiger partial charge on any atom is -0.472 e. The van der Waals surface area contributed by atoms with Gasteiger partial charge in [0.1, 0.15) is 11.3 Å². The first-order chi connectivity index (χ1) is 16.7. The summed E-state index contributed by atoms with van der Waals surface area (Å²) >= 11 is 3.45. The monoisotopic (exact) mass is 492 g/mol. The molecule has 176 valence electrons. The quantitative estimate of drug-likeness (QED) is 0.288. The molecule has 34 heavy (non-hydrogen) atoms. The highest BCUT2D eigenvalue weighted by Crippen LogP contribution is 2.32. The van der Waals surface area contributed by atoms with E-state index in [1.54, 1.807) is 11.3 Å². The first-order valence-corrected chi connectivity index (χ1v) is 13.2. The Morgan fingerprint density at radius 2 is 1.85 bits per heavy atom. The van der Waals surface area contributed by atoms with Gasteiger partial charge in [0, 0.05) is 40.2 Å². The molecular weight excluding hydrogens is 464 g/mol. The number of nitrogens with one attached hydrogen (secondary N) is 1. The molecule has 0 atom stereocenters. The van der Waals surface area contributed by atoms with Crippen molar-refractivity contribution in [3.05, 3.63) is 65.5 Å². The number of thiophene rings is 1. The van der Waals surface area contributed by atoms with Crippen LogP contribution in [0.5, 0.6) is 5.88 Å². The van der Waals surface area contributed by atoms with Gasteiger partial charge in [-0.3, -0.25) is 0 Å². The zero-order chi connectivity index (χ0) is 23.3. The Balaban J connectivity index is 1.33. The molecule has 2 aromatic heterocycles. The smallest absolute Gasteiger partial charge is 0.237 e. The van der Waals surface area contributed by atoms with E-state index in [9.17, 15) is 0 Å². The second kappa shape index (κ2) is 10.6. The van der Waals surface area contributed by atoms with Gasteiger partial charge in [-0.25, -0.2) is 4.98 Å². The zero-order valence-electron chi connectivity index (χ0n) is 19.4. The molecule has 0 unspecified atom stereocenters. The number of nitrogens with zero attached hydrogens (tertiary/aromatic N) is 3. The molecule has 1 aliphatic rings. The first kappa shape index (κ1) is 23.0. The van der Waals surface area contributed by atoms with E-state index in [1.165, 1.54) is 10.6 Å². The van der Waals surface area contributed by atoms with Gasteiger partial charge < -0.3 is 19.7 Å². The van der Waals surface area contributed by atoms with Crippen LogP contribution in [0.1, 0.15) is 19.4 Å². The van der Waals surface area contributed by atoms with E-state index in [0.29, 0.717) is 23.7 Å². The Morgan fingerprint density at radius 1 is 1.06 bits per heavy atom. The Labute approximate surface area is 208 Å². The van der Waals surface area contributed by atoms with Gasteiger partial charge in [-0.1, -0.05) is 32.0 Å². The Kier molecular flexibility index (Phi) is 7.18. The third kappa shape index (κ3) is 5.46. The van der Waals surface area contributed by atoms with Crippen LogP contribution in [0.15, 0.2) is 64.9 Å². The molecule has 2 aromatic carbocycles. The summed E-state index contributed by atoms with van der Waals surface area (Å²) in [5.41, 5.74) is 4.19. The molecule has 1 fully saturated rings. The van der Waals surface area contributed by atoms with Crippen LogP contribution < -0.4 is 15.0 Å². The Hall–Kier alpha value is -2.81. The lowest BCUT2D eigenvalue weighted by molar-refractivity contribution is 0.122. The fraction of sp³-hybridized carbons (Fsp3) is 0.308. The van der Waals surface area contributed by atoms with Crippen LogP contribution in [0.25, 0.3) is 10.2 Å². The van der Waals surface area contributed by atoms with Crippen LogP contribution in [-0.4, -0.2) is 41.5 Å². The molecule has 5 rings (SSSR count). The lowest BCUT2D eigenvalue weighted by Crippen LogP contribution is -2.36. The van der Waals surface area contributed by atoms with E-state index in [4.69, 9.17) is 19.4 Å². The van der Waals surface area contributed by atoms with E-state index in [1.807, 2.05) is 23.2 Å². The van der Waals surface area contributed by atoms with Gasteiger partial charge in [0.05, 0.1) is 18.7 Å². The molecule has 0 aliphatic carbocycles. The minimum atomic E-state index is 0.466. The summed E-state index contributed by atoms with van der Waals surface area (Å²) in [6.07, 6.45) is 0. The second-order valence-electron chi connectivity index (χ2n) is 8.32. The third-order valence-corrected chi connectivity index (χ3v) is 7.49. The number of benzene rings is 2. The van der Waals surface area contributed by atoms with Crippen molar-refractivity contribution in [1.29, 1.82) is 0 Å². The van der Waals surface area contributed by atoms with Gasteiger partial charge in [-0.05, 0) is 41.8 Å². The summed E-state index contributed by atoms with van der Waals surface area (Å²) < 4.78 is 12.7. The molecule has 0 amide bonds. The summed E-state index contributed by atoms with van der Waals surface area (Å²) in [6, 6.07) is 18.8. The summed E-state index contributed by atoms with van der Waals surface area (Å²) in [6.45, 7) is 8.26. The van der Waals surface area contributed by atoms with Crippen molar-refractivity contribution >= 4 is 50.6 Å². The van der Waals surface area contributed by atoms with E-state index in [2.05, 4.69) is 72.6 Å². The van der Waals surface area contributed by atoms with Gasteiger partial charge in [-0.2, -0.15) is 4.98 Å². The number of hydrogen-bond donors (Lipinski definition) is 1. The fourth-order valence-corrected chi connectivity index (χ4v) is 5.55. The van der Waals surface area contributed by atoms with Crippen molar-refractivity contribution in [2.45, 2.75) is 30.6 Å². The predicted octanol–water partition coefficient (Wildman–Crippen LogP) is 6.35. The van der Waals surface area contributed by atoms with Crippen LogP contribution in [0.4, 0.5) is 17.3 Å². The number of thioether (sulfide) groups is 1. The maximum Gasteiger partial charge on any atom is 0.237 e. The summed E-state index contributed by atoms with van der Waals surface area (Å²) in [7, 11) is 0. The summed E-state index contributed by atoms with van der Waals surface area (Å²) in [5, 5.41) is 5.88. The Bertz CT molecular complexity index is 1240. The van der Waals surface area contributed by atoms with E-state index < -0.39 is 0 Å². The molecule has 0 saturated carbocycles. The number of hydrogen-bond acceptors (Lipinski definition) is 8. The second-order valence-corrected chi connectivity index (χ2v) is 10.9. The van der Waals surface area contributed by atoms with Crippen LogP contribution in [-0.2, 0) is 11.3 Å². The van der Waals surface area contributed by atoms with Crippen molar-refractivity contribution in [3.63, 3.8) is 0 Å². The highest BCUT2D eigenvalue weighted by Gasteiger charge is 2.14. The van der Waals surface area contributed by atoms with E-state index >= 15 is 0 Å². The molecule has 1 N–H and O–H groups in total. The SMILES string of the molecule is CC(C)Sc1ccccc1COc1nc(Nc2ccc(N3CCOCC3)cc2)nc2ccsc12. The molecule has 1 saturated heterocycles. The van der Waals surface area contributed by atoms with Gasteiger partial charge >= 0.3 is 0 Å². The van der Waals surface area contributed by atoms with Crippen molar-refractivity contribution in [3.8, 4) is 5.88 Å². The van der Waals surface area contributed by atoms with Gasteiger partial charge in [0.15, 0.2) is 0 Å². The van der Waals surface area contributed by atoms with Crippen molar-refractivity contribution in [1.82, 2.24) is 9.97 Å². The van der Waals surface area contributed by atoms with Crippen LogP contribution in [0.3, 0.4) is 0 Å². The van der Waals surface area contributed by atoms with E-state index in [0.717, 1.165) is 47.8 Å². The molecular formula is C26H28N4O2S2. The molecule has 4 aromatic rings. The number of anilines is 3. The number of aromatic nitrogens is 2. The summed E-state index contributed by atoms with van der Waals surface area (Å²) in [4.78, 5) is 13.0. The Morgan fingerprint density at radius 3 is 2.65 bits per heavy atom. The number of ether oxygens (including phenoxy) is 2. The normalized spacial score (nSPS) is 14.0. The average Bonchev–Trinajstić information content (AvgIpc) is 3.33. The molecule has 0 spiro atoms. The standard InChI is InChI=1S/C26H28N4O2S2/c1-18(2)34-23-6-4-3-5-19(23)17-32-25-24-22(11-16-33-24)28-26(29-25)27-20-7-9-21(10-8-20)30-12-14-31-15-13-30/h3-11,16,18H,12-15,17H2,1-2H3,(H,27,28,29). The summed E-state index contributed by atoms with van der Waals surface area (Å²) in [5.74, 6) is 1.14. The number of morpholine rings is 1. The van der Waals surface area contributed by atoms with Gasteiger partial charge in [0.25, 0.3) is 0 Å². The molecule has 1 aliphatic heterocycles. The molecule has 6 nitrogen and oxygen atoms in total. The van der Waals surface area contributed by atoms with Crippen molar-refractivity contribution in [2.24, 2.45) is 0 Å². The van der Waals surface area contributed by atoms with Crippen LogP contribution in [0, 0.1) is 0 Å². The largest absolute Gasteiger partial charge is 0.472 e. The topological polar surface area (TPSA) is 59.5 Å². The molecule has 8 heteroatoms. The molecule has 0 bridgehead atoms. The van der Waals surface area contributed by atoms with E-state index in [-0.39, 0.29) is 0 Å². The lowest BCUT2D eigenvalue weighted by Gasteiger charge is -2.28. The van der Waals surface area contributed by atoms with Gasteiger partial charge in [-0.15, -0.1) is 23.1 Å². The predicted molar refractivity (Wildman–Crippen MR) is 142 cm³/mol. The van der Waals surface area contributed by atoms with Crippen LogP contribution >= 0.6 is 23.1 Å². The molecule has 0 radical (unpaired) electrons. The maximum atomic E-state index is 6.25. The van der Waals surface area contributed by atoms with Crippen molar-refractivity contribution in [2.75, 3.05) is 36.5 Å². The first-order valence-electron chi connectivity index (χ1n) is 11.5. The lowest BCUT2D eigenvalue weighted by atomic mass is 10.2. The highest BCUT2D eigenvalue weighted by molar-refractivity contribution is 8.00. The fourth-order valence-electron chi connectivity index (χ4n) is 3.83. The highest BCUT2D eigenvalue weighted by atomic mass is 32.2. The van der Waals surface area contributed by atoms with Crippen molar-refractivity contribution < 1.29 is 9.47 Å². The average molecular weight is 493 g/mol. The number of fused-ring (bicyclic) bond motifs is 1. The number of rotatable bonds is 8. The van der Waals surface area contributed by atoms with Crippen LogP contribution in [0.2, 0.25) is 0 Å². The third-order valence-electron chi connectivity index (χ3n) is 5.47. The maximum absolute atomic E-state index is 6.25.